The van der Waals surface area contributed by atoms with Gasteiger partial charge in [-0.05, 0) is 30.7 Å². The highest BCUT2D eigenvalue weighted by atomic mass is 19.4. The quantitative estimate of drug-likeness (QED) is 0.513. The molecule has 1 atom stereocenters. The number of carbonyl (C=O) groups excluding carboxylic acids is 2. The normalized spacial score (nSPS) is 19.1. The van der Waals surface area contributed by atoms with Crippen LogP contribution in [-0.4, -0.2) is 97.8 Å². The van der Waals surface area contributed by atoms with Gasteiger partial charge in [-0.2, -0.15) is 26.3 Å². The lowest BCUT2D eigenvalue weighted by Crippen LogP contribution is -2.66. The Morgan fingerprint density at radius 3 is 2.02 bits per heavy atom. The number of likely N-dealkylation sites (tertiary alicyclic amines) is 1. The van der Waals surface area contributed by atoms with E-state index in [2.05, 4.69) is 14.9 Å². The molecule has 4 heterocycles. The van der Waals surface area contributed by atoms with Gasteiger partial charge in [0.15, 0.2) is 0 Å². The zero-order chi connectivity index (χ0) is 31.0. The van der Waals surface area contributed by atoms with Gasteiger partial charge in [0.25, 0.3) is 0 Å². The number of nitrogens with zero attached hydrogens (tertiary/aromatic N) is 5. The van der Waals surface area contributed by atoms with Crippen molar-refractivity contribution in [3.05, 3.63) is 54.6 Å². The van der Waals surface area contributed by atoms with Crippen molar-refractivity contribution in [2.24, 2.45) is 0 Å². The van der Waals surface area contributed by atoms with Gasteiger partial charge in [0.2, 0.25) is 11.8 Å². The third-order valence-electron chi connectivity index (χ3n) is 5.97. The van der Waals surface area contributed by atoms with Crippen LogP contribution in [0.15, 0.2) is 48.9 Å². The number of piperazine rings is 1. The van der Waals surface area contributed by atoms with Crippen LogP contribution < -0.4 is 4.90 Å². The molecule has 2 amide bonds. The van der Waals surface area contributed by atoms with Crippen LogP contribution in [0.1, 0.15) is 19.0 Å². The number of carbonyl (C=O) groups is 4. The molecule has 2 aliphatic heterocycles. The number of halogens is 6. The van der Waals surface area contributed by atoms with Crippen molar-refractivity contribution in [2.45, 2.75) is 37.8 Å². The van der Waals surface area contributed by atoms with Crippen molar-refractivity contribution in [3.63, 3.8) is 0 Å². The molecule has 224 valence electrons. The Morgan fingerprint density at radius 1 is 0.951 bits per heavy atom. The van der Waals surface area contributed by atoms with Gasteiger partial charge < -0.3 is 20.0 Å². The summed E-state index contributed by atoms with van der Waals surface area (Å²) in [5.41, 5.74) is 1.43. The topological polar surface area (TPSA) is 144 Å². The molecule has 2 aromatic heterocycles. The highest BCUT2D eigenvalue weighted by Gasteiger charge is 2.50. The number of amides is 2. The molecule has 11 nitrogen and oxygen atoms in total. The minimum Gasteiger partial charge on any atom is -0.475 e. The van der Waals surface area contributed by atoms with E-state index >= 15 is 0 Å². The highest BCUT2D eigenvalue weighted by molar-refractivity contribution is 5.98. The van der Waals surface area contributed by atoms with E-state index in [1.165, 1.54) is 0 Å². The molecule has 41 heavy (non-hydrogen) atoms. The zero-order valence-electron chi connectivity index (χ0n) is 21.4. The Morgan fingerprint density at radius 2 is 1.56 bits per heavy atom. The minimum absolute atomic E-state index is 0.0473. The van der Waals surface area contributed by atoms with E-state index in [9.17, 15) is 35.9 Å². The van der Waals surface area contributed by atoms with E-state index in [1.807, 2.05) is 30.3 Å². The lowest BCUT2D eigenvalue weighted by molar-refractivity contribution is -0.193. The van der Waals surface area contributed by atoms with Crippen molar-refractivity contribution in [2.75, 3.05) is 31.1 Å². The van der Waals surface area contributed by atoms with E-state index in [0.29, 0.717) is 6.54 Å². The Balaban J connectivity index is 0.000000349. The molecule has 1 spiro atoms. The Bertz CT molecular complexity index is 1190. The zero-order valence-corrected chi connectivity index (χ0v) is 21.4. The summed E-state index contributed by atoms with van der Waals surface area (Å²) in [7, 11) is 0. The van der Waals surface area contributed by atoms with E-state index in [1.54, 1.807) is 35.3 Å². The van der Waals surface area contributed by atoms with Crippen LogP contribution >= 0.6 is 0 Å². The van der Waals surface area contributed by atoms with Gasteiger partial charge in [0.1, 0.15) is 6.54 Å². The van der Waals surface area contributed by atoms with Gasteiger partial charge in [-0.15, -0.1) is 0 Å². The van der Waals surface area contributed by atoms with Crippen LogP contribution in [0.3, 0.4) is 0 Å². The first-order chi connectivity index (χ1) is 19.0. The molecule has 2 aromatic rings. The average molecular weight is 593 g/mol. The Labute approximate surface area is 229 Å². The first kappa shape index (κ1) is 32.9. The lowest BCUT2D eigenvalue weighted by atomic mass is 9.92. The van der Waals surface area contributed by atoms with Crippen LogP contribution in [0.5, 0.6) is 0 Å². The molecule has 1 unspecified atom stereocenters. The molecule has 2 N–H and O–H groups in total. The largest absolute Gasteiger partial charge is 0.490 e. The fraction of sp³-hybridized carbons (Fsp3) is 0.417. The molecule has 2 fully saturated rings. The van der Waals surface area contributed by atoms with Crippen molar-refractivity contribution in [1.29, 1.82) is 0 Å². The van der Waals surface area contributed by atoms with Gasteiger partial charge in [-0.1, -0.05) is 6.07 Å². The monoisotopic (exact) mass is 593 g/mol. The van der Waals surface area contributed by atoms with Gasteiger partial charge in [-0.25, -0.2) is 9.59 Å². The molecule has 0 radical (unpaired) electrons. The summed E-state index contributed by atoms with van der Waals surface area (Å²) in [6.45, 7) is 4.51. The number of hydrogen-bond acceptors (Lipinski definition) is 7. The molecular formula is C24H25F6N5O6. The van der Waals surface area contributed by atoms with Crippen LogP contribution in [0, 0.1) is 0 Å². The van der Waals surface area contributed by atoms with E-state index in [0.717, 1.165) is 37.4 Å². The highest BCUT2D eigenvalue weighted by Crippen LogP contribution is 2.34. The number of hydrogen-bond donors (Lipinski definition) is 2. The predicted molar refractivity (Wildman–Crippen MR) is 128 cm³/mol. The van der Waals surface area contributed by atoms with E-state index in [-0.39, 0.29) is 23.9 Å². The molecule has 0 aromatic carbocycles. The fourth-order valence-corrected chi connectivity index (χ4v) is 4.20. The van der Waals surface area contributed by atoms with E-state index < -0.39 is 24.3 Å². The van der Waals surface area contributed by atoms with Gasteiger partial charge >= 0.3 is 24.3 Å². The number of anilines is 1. The first-order valence-corrected chi connectivity index (χ1v) is 11.7. The van der Waals surface area contributed by atoms with Crippen LogP contribution in [0.25, 0.3) is 0 Å². The van der Waals surface area contributed by atoms with Crippen LogP contribution in [0.4, 0.5) is 32.0 Å². The summed E-state index contributed by atoms with van der Waals surface area (Å²) in [6, 6.07) is 9.63. The molecule has 2 aliphatic rings. The summed E-state index contributed by atoms with van der Waals surface area (Å²) in [5.74, 6) is -5.62. The maximum absolute atomic E-state index is 12.7. The molecule has 4 rings (SSSR count). The van der Waals surface area contributed by atoms with Crippen molar-refractivity contribution in [3.8, 4) is 0 Å². The predicted octanol–water partition coefficient (Wildman–Crippen LogP) is 2.58. The van der Waals surface area contributed by atoms with Gasteiger partial charge in [0.05, 0.1) is 29.7 Å². The molecular weight excluding hydrogens is 568 g/mol. The summed E-state index contributed by atoms with van der Waals surface area (Å²) in [6.07, 6.45) is -4.13. The standard InChI is InChI=1S/C20H23N5O2.2C2HF3O2/c1-16(26)25-13-19(27)24(18-6-4-8-21-11-18)15-20(25)7-10-23(14-20)12-17-5-2-3-9-22-17;2*3-2(4,5)1(6)7/h2-6,8-9,11H,7,10,12-15H2,1H3;2*(H,6,7). The Kier molecular flexibility index (Phi) is 10.7. The van der Waals surface area contributed by atoms with Crippen LogP contribution in [-0.2, 0) is 25.7 Å². The van der Waals surface area contributed by atoms with Crippen molar-refractivity contribution >= 4 is 29.4 Å². The summed E-state index contributed by atoms with van der Waals surface area (Å²) in [5, 5.41) is 14.2. The second-order valence-corrected chi connectivity index (χ2v) is 8.91. The van der Waals surface area contributed by atoms with Gasteiger partial charge in [0, 0.05) is 39.0 Å². The maximum Gasteiger partial charge on any atom is 0.490 e. The number of alkyl halides is 6. The summed E-state index contributed by atoms with van der Waals surface area (Å²) in [4.78, 5) is 57.2. The second kappa shape index (κ2) is 13.4. The number of pyridine rings is 2. The lowest BCUT2D eigenvalue weighted by Gasteiger charge is -2.48. The molecule has 0 saturated carbocycles. The third-order valence-corrected chi connectivity index (χ3v) is 5.97. The number of carboxylic acid groups (broad SMARTS) is 2. The second-order valence-electron chi connectivity index (χ2n) is 8.91. The maximum atomic E-state index is 12.7. The third kappa shape index (κ3) is 9.40. The van der Waals surface area contributed by atoms with E-state index in [4.69, 9.17) is 19.8 Å². The Hall–Kier alpha value is -4.28. The van der Waals surface area contributed by atoms with Crippen molar-refractivity contribution < 1.29 is 55.7 Å². The minimum atomic E-state index is -5.08. The van der Waals surface area contributed by atoms with Crippen LogP contribution in [0.2, 0.25) is 0 Å². The smallest absolute Gasteiger partial charge is 0.475 e. The fourth-order valence-electron chi connectivity index (χ4n) is 4.20. The number of rotatable bonds is 3. The molecule has 0 bridgehead atoms. The van der Waals surface area contributed by atoms with Gasteiger partial charge in [-0.3, -0.25) is 24.5 Å². The number of aliphatic carboxylic acids is 2. The molecule has 0 aliphatic carbocycles. The summed E-state index contributed by atoms with van der Waals surface area (Å²) >= 11 is 0. The number of carboxylic acids is 2. The first-order valence-electron chi connectivity index (χ1n) is 11.7. The molecule has 2 saturated heterocycles. The number of aromatic nitrogens is 2. The average Bonchev–Trinajstić information content (AvgIpc) is 3.28. The SMILES string of the molecule is CC(=O)N1CC(=O)N(c2cccnc2)CC12CCN(Cc1ccccn1)C2.O=C(O)C(F)(F)F.O=C(O)C(F)(F)F. The summed E-state index contributed by atoms with van der Waals surface area (Å²) < 4.78 is 63.5. The molecule has 17 heteroatoms. The van der Waals surface area contributed by atoms with Crippen molar-refractivity contribution in [1.82, 2.24) is 19.8 Å².